The molecule has 0 aliphatic carbocycles. The molecular weight excluding hydrogens is 318 g/mol. The van der Waals surface area contributed by atoms with Crippen LogP contribution in [0.5, 0.6) is 5.75 Å². The molecule has 0 saturated carbocycles. The molecule has 2 rings (SSSR count). The quantitative estimate of drug-likeness (QED) is 0.482. The van der Waals surface area contributed by atoms with E-state index in [-0.39, 0.29) is 0 Å². The van der Waals surface area contributed by atoms with Crippen LogP contribution >= 0.6 is 0 Å². The molecular formula is C19H21N3O3. The lowest BCUT2D eigenvalue weighted by molar-refractivity contribution is -0.136. The predicted molar refractivity (Wildman–Crippen MR) is 97.8 cm³/mol. The number of carbonyl (C=O) groups excluding carboxylic acids is 2. The second-order valence-corrected chi connectivity index (χ2v) is 5.44. The minimum Gasteiger partial charge on any atom is -0.494 e. The van der Waals surface area contributed by atoms with Gasteiger partial charge in [0.05, 0.1) is 12.8 Å². The van der Waals surface area contributed by atoms with Crippen LogP contribution in [-0.2, 0) is 9.59 Å². The zero-order valence-electron chi connectivity index (χ0n) is 14.3. The molecule has 25 heavy (non-hydrogen) atoms. The summed E-state index contributed by atoms with van der Waals surface area (Å²) in [6.45, 7) is 4.61. The monoisotopic (exact) mass is 339 g/mol. The molecule has 0 unspecified atom stereocenters. The van der Waals surface area contributed by atoms with Gasteiger partial charge in [0.2, 0.25) is 0 Å². The molecule has 0 aliphatic heterocycles. The molecule has 0 heterocycles. The summed E-state index contributed by atoms with van der Waals surface area (Å²) in [5.41, 5.74) is 4.58. The first-order chi connectivity index (χ1) is 12.1. The highest BCUT2D eigenvalue weighted by Gasteiger charge is 2.12. The number of hydrazone groups is 1. The van der Waals surface area contributed by atoms with Crippen molar-refractivity contribution in [3.05, 3.63) is 59.7 Å². The van der Waals surface area contributed by atoms with Gasteiger partial charge in [0, 0.05) is 5.69 Å². The maximum absolute atomic E-state index is 11.8. The number of carbonyl (C=O) groups is 2. The third kappa shape index (κ3) is 6.10. The molecule has 0 fully saturated rings. The number of ether oxygens (including phenoxy) is 1. The van der Waals surface area contributed by atoms with Crippen LogP contribution in [0.4, 0.5) is 5.69 Å². The van der Waals surface area contributed by atoms with E-state index in [0.29, 0.717) is 12.3 Å². The topological polar surface area (TPSA) is 79.8 Å². The number of aryl methyl sites for hydroxylation is 1. The Morgan fingerprint density at radius 2 is 1.88 bits per heavy atom. The molecule has 2 aromatic carbocycles. The van der Waals surface area contributed by atoms with Gasteiger partial charge in [0.15, 0.2) is 0 Å². The molecule has 0 atom stereocenters. The summed E-state index contributed by atoms with van der Waals surface area (Å²) >= 11 is 0. The lowest BCUT2D eigenvalue weighted by Gasteiger charge is -2.05. The Morgan fingerprint density at radius 3 is 2.60 bits per heavy atom. The Hall–Kier alpha value is -3.15. The Kier molecular flexibility index (Phi) is 6.71. The fraction of sp³-hybridized carbons (Fsp3) is 0.211. The van der Waals surface area contributed by atoms with Crippen molar-refractivity contribution < 1.29 is 14.3 Å². The van der Waals surface area contributed by atoms with Crippen LogP contribution in [0.1, 0.15) is 24.5 Å². The van der Waals surface area contributed by atoms with Gasteiger partial charge in [-0.05, 0) is 43.2 Å². The van der Waals surface area contributed by atoms with E-state index in [1.807, 2.05) is 44.2 Å². The lowest BCUT2D eigenvalue weighted by Crippen LogP contribution is -2.32. The molecule has 2 amide bonds. The number of amides is 2. The van der Waals surface area contributed by atoms with E-state index < -0.39 is 11.8 Å². The minimum absolute atomic E-state index is 0.551. The van der Waals surface area contributed by atoms with Crippen molar-refractivity contribution in [2.24, 2.45) is 5.10 Å². The smallest absolute Gasteiger partial charge is 0.329 e. The molecule has 6 nitrogen and oxygen atoms in total. The molecule has 0 saturated heterocycles. The van der Waals surface area contributed by atoms with E-state index in [4.69, 9.17) is 4.74 Å². The van der Waals surface area contributed by atoms with Crippen LogP contribution in [0, 0.1) is 6.92 Å². The molecule has 6 heteroatoms. The van der Waals surface area contributed by atoms with Gasteiger partial charge in [0.1, 0.15) is 5.75 Å². The number of anilines is 1. The van der Waals surface area contributed by atoms with Gasteiger partial charge in [-0.25, -0.2) is 5.43 Å². The Labute approximate surface area is 146 Å². The third-order valence-electron chi connectivity index (χ3n) is 3.23. The molecule has 0 aliphatic rings. The fourth-order valence-corrected chi connectivity index (χ4v) is 1.95. The van der Waals surface area contributed by atoms with Gasteiger partial charge in [-0.2, -0.15) is 5.10 Å². The molecule has 2 N–H and O–H groups in total. The number of nitrogens with one attached hydrogen (secondary N) is 2. The summed E-state index contributed by atoms with van der Waals surface area (Å²) in [6, 6.07) is 14.5. The van der Waals surface area contributed by atoms with Crippen LogP contribution in [0.25, 0.3) is 0 Å². The van der Waals surface area contributed by atoms with Crippen LogP contribution < -0.4 is 15.5 Å². The minimum atomic E-state index is -0.838. The maximum atomic E-state index is 11.8. The molecule has 130 valence electrons. The first-order valence-corrected chi connectivity index (χ1v) is 8.02. The zero-order chi connectivity index (χ0) is 18.1. The SMILES string of the molecule is CCCOc1cccc(/C=N\NC(=O)C(=O)Nc2ccc(C)cc2)c1. The summed E-state index contributed by atoms with van der Waals surface area (Å²) in [6.07, 6.45) is 2.38. The van der Waals surface area contributed by atoms with Gasteiger partial charge >= 0.3 is 11.8 Å². The fourth-order valence-electron chi connectivity index (χ4n) is 1.95. The number of hydrogen-bond acceptors (Lipinski definition) is 4. The van der Waals surface area contributed by atoms with E-state index in [0.717, 1.165) is 23.3 Å². The molecule has 0 bridgehead atoms. The Balaban J connectivity index is 1.87. The number of rotatable bonds is 6. The highest BCUT2D eigenvalue weighted by Crippen LogP contribution is 2.12. The first kappa shape index (κ1) is 18.2. The largest absolute Gasteiger partial charge is 0.494 e. The summed E-state index contributed by atoms with van der Waals surface area (Å²) in [5, 5.41) is 6.30. The lowest BCUT2D eigenvalue weighted by atomic mass is 10.2. The summed E-state index contributed by atoms with van der Waals surface area (Å²) in [4.78, 5) is 23.5. The van der Waals surface area contributed by atoms with Crippen molar-refractivity contribution in [2.75, 3.05) is 11.9 Å². The third-order valence-corrected chi connectivity index (χ3v) is 3.23. The van der Waals surface area contributed by atoms with Gasteiger partial charge in [-0.15, -0.1) is 0 Å². The average molecular weight is 339 g/mol. The second kappa shape index (κ2) is 9.22. The van der Waals surface area contributed by atoms with Crippen molar-refractivity contribution in [2.45, 2.75) is 20.3 Å². The van der Waals surface area contributed by atoms with Gasteiger partial charge < -0.3 is 10.1 Å². The summed E-state index contributed by atoms with van der Waals surface area (Å²) < 4.78 is 5.52. The van der Waals surface area contributed by atoms with E-state index in [9.17, 15) is 9.59 Å². The van der Waals surface area contributed by atoms with E-state index in [2.05, 4.69) is 15.8 Å². The molecule has 0 aromatic heterocycles. The predicted octanol–water partition coefficient (Wildman–Crippen LogP) is 2.87. The van der Waals surface area contributed by atoms with Gasteiger partial charge in [-0.3, -0.25) is 9.59 Å². The van der Waals surface area contributed by atoms with E-state index >= 15 is 0 Å². The van der Waals surface area contributed by atoms with Crippen molar-refractivity contribution in [3.63, 3.8) is 0 Å². The zero-order valence-corrected chi connectivity index (χ0v) is 14.3. The normalized spacial score (nSPS) is 10.5. The maximum Gasteiger partial charge on any atom is 0.329 e. The Morgan fingerprint density at radius 1 is 1.12 bits per heavy atom. The number of nitrogens with zero attached hydrogens (tertiary/aromatic N) is 1. The van der Waals surface area contributed by atoms with Crippen LogP contribution in [0.3, 0.4) is 0 Å². The van der Waals surface area contributed by atoms with Gasteiger partial charge in [-0.1, -0.05) is 36.8 Å². The summed E-state index contributed by atoms with van der Waals surface area (Å²) in [5.74, 6) is -0.884. The summed E-state index contributed by atoms with van der Waals surface area (Å²) in [7, 11) is 0. The second-order valence-electron chi connectivity index (χ2n) is 5.44. The van der Waals surface area contributed by atoms with Gasteiger partial charge in [0.25, 0.3) is 0 Å². The standard InChI is InChI=1S/C19H21N3O3/c1-3-11-25-17-6-4-5-15(12-17)13-20-22-19(24)18(23)21-16-9-7-14(2)8-10-16/h4-10,12-13H,3,11H2,1-2H3,(H,21,23)(H,22,24)/b20-13-. The van der Waals surface area contributed by atoms with E-state index in [1.54, 1.807) is 18.2 Å². The van der Waals surface area contributed by atoms with Crippen LogP contribution in [0.2, 0.25) is 0 Å². The molecule has 0 spiro atoms. The van der Waals surface area contributed by atoms with Crippen LogP contribution in [-0.4, -0.2) is 24.6 Å². The number of hydrogen-bond donors (Lipinski definition) is 2. The highest BCUT2D eigenvalue weighted by atomic mass is 16.5. The molecule has 0 radical (unpaired) electrons. The van der Waals surface area contributed by atoms with Crippen molar-refractivity contribution in [1.82, 2.24) is 5.43 Å². The van der Waals surface area contributed by atoms with Crippen molar-refractivity contribution in [1.29, 1.82) is 0 Å². The highest BCUT2D eigenvalue weighted by molar-refractivity contribution is 6.39. The molecule has 2 aromatic rings. The Bertz CT molecular complexity index is 755. The van der Waals surface area contributed by atoms with Crippen molar-refractivity contribution in [3.8, 4) is 5.75 Å². The van der Waals surface area contributed by atoms with Crippen LogP contribution in [0.15, 0.2) is 53.6 Å². The van der Waals surface area contributed by atoms with E-state index in [1.165, 1.54) is 6.21 Å². The first-order valence-electron chi connectivity index (χ1n) is 8.02. The average Bonchev–Trinajstić information content (AvgIpc) is 2.62. The van der Waals surface area contributed by atoms with Crippen molar-refractivity contribution >= 4 is 23.7 Å². The number of benzene rings is 2.